The van der Waals surface area contributed by atoms with Crippen molar-refractivity contribution in [3.63, 3.8) is 0 Å². The lowest BCUT2D eigenvalue weighted by molar-refractivity contribution is -0.135. The topological polar surface area (TPSA) is 54.1 Å². The second kappa shape index (κ2) is 7.87. The molecule has 140 valence electrons. The van der Waals surface area contributed by atoms with E-state index in [0.29, 0.717) is 18.1 Å². The zero-order chi connectivity index (χ0) is 17.9. The fraction of sp³-hybridized carbons (Fsp3) is 0.556. The summed E-state index contributed by atoms with van der Waals surface area (Å²) < 4.78 is 13.0. The van der Waals surface area contributed by atoms with E-state index in [-0.39, 0.29) is 5.91 Å². The van der Waals surface area contributed by atoms with Gasteiger partial charge < -0.3 is 14.1 Å². The van der Waals surface area contributed by atoms with Crippen LogP contribution in [0.1, 0.15) is 0 Å². The van der Waals surface area contributed by atoms with E-state index in [1.165, 1.54) is 0 Å². The average molecular weight is 376 g/mol. The number of oxazole rings is 1. The van der Waals surface area contributed by atoms with Crippen LogP contribution in [-0.4, -0.2) is 84.2 Å². The van der Waals surface area contributed by atoms with Crippen molar-refractivity contribution in [2.24, 2.45) is 0 Å². The van der Waals surface area contributed by atoms with Gasteiger partial charge in [0.05, 0.1) is 31.9 Å². The average Bonchev–Trinajstić information content (AvgIpc) is 2.98. The molecule has 0 aliphatic carbocycles. The molecule has 26 heavy (non-hydrogen) atoms. The molecule has 8 heteroatoms. The summed E-state index contributed by atoms with van der Waals surface area (Å²) in [5.41, 5.74) is 1.83. The zero-order valence-corrected chi connectivity index (χ0v) is 15.6. The Labute approximate surface area is 157 Å². The highest BCUT2D eigenvalue weighted by molar-refractivity contribution is 7.71. The molecular weight excluding hydrogens is 352 g/mol. The van der Waals surface area contributed by atoms with Gasteiger partial charge in [0, 0.05) is 39.3 Å². The molecule has 0 atom stereocenters. The zero-order valence-electron chi connectivity index (χ0n) is 14.8. The number of para-hydroxylation sites is 2. The normalized spacial score (nSPS) is 19.9. The van der Waals surface area contributed by atoms with Gasteiger partial charge in [-0.2, -0.15) is 0 Å². The molecule has 3 heterocycles. The number of aromatic nitrogens is 1. The van der Waals surface area contributed by atoms with Crippen LogP contribution in [0.25, 0.3) is 11.1 Å². The van der Waals surface area contributed by atoms with Crippen molar-refractivity contribution in [3.8, 4) is 0 Å². The first-order valence-electron chi connectivity index (χ1n) is 9.09. The van der Waals surface area contributed by atoms with Gasteiger partial charge >= 0.3 is 0 Å². The molecule has 2 saturated heterocycles. The number of hydrogen-bond acceptors (Lipinski definition) is 6. The lowest BCUT2D eigenvalue weighted by atomic mass is 10.3. The number of ether oxygens (including phenoxy) is 1. The van der Waals surface area contributed by atoms with Gasteiger partial charge in [-0.3, -0.25) is 19.2 Å². The number of hydrogen-bond donors (Lipinski definition) is 0. The highest BCUT2D eigenvalue weighted by Crippen LogP contribution is 2.18. The van der Waals surface area contributed by atoms with Gasteiger partial charge in [-0.25, -0.2) is 0 Å². The second-order valence-corrected chi connectivity index (χ2v) is 7.14. The first-order valence-corrected chi connectivity index (χ1v) is 9.50. The van der Waals surface area contributed by atoms with Crippen molar-refractivity contribution in [2.75, 3.05) is 59.0 Å². The fourth-order valence-electron chi connectivity index (χ4n) is 3.54. The van der Waals surface area contributed by atoms with Crippen molar-refractivity contribution in [3.05, 3.63) is 29.1 Å². The molecule has 0 unspecified atom stereocenters. The number of morpholine rings is 1. The molecule has 0 saturated carbocycles. The Kier molecular flexibility index (Phi) is 5.35. The van der Waals surface area contributed by atoms with Crippen LogP contribution in [0.15, 0.2) is 28.7 Å². The number of carbonyl (C=O) groups is 1. The number of carbonyl (C=O) groups excluding carboxylic acids is 1. The van der Waals surface area contributed by atoms with Gasteiger partial charge in [0.2, 0.25) is 5.91 Å². The van der Waals surface area contributed by atoms with Crippen molar-refractivity contribution >= 4 is 29.2 Å². The fourth-order valence-corrected chi connectivity index (χ4v) is 3.78. The lowest BCUT2D eigenvalue weighted by Crippen LogP contribution is -2.52. The molecule has 0 radical (unpaired) electrons. The number of nitrogens with zero attached hydrogens (tertiary/aromatic N) is 4. The largest absolute Gasteiger partial charge is 0.429 e. The van der Waals surface area contributed by atoms with Gasteiger partial charge in [0.15, 0.2) is 5.58 Å². The summed E-state index contributed by atoms with van der Waals surface area (Å²) in [5.74, 6) is 0.219. The number of benzene rings is 1. The standard InChI is InChI=1S/C18H24N4O3S/c23-17(13-19-9-11-24-12-10-19)21-7-5-20(6-8-21)14-22-15-3-1-2-4-16(15)25-18(22)26/h1-4H,5-14H2. The van der Waals surface area contributed by atoms with Crippen LogP contribution in [0.5, 0.6) is 0 Å². The monoisotopic (exact) mass is 376 g/mol. The van der Waals surface area contributed by atoms with E-state index >= 15 is 0 Å². The number of piperazine rings is 1. The summed E-state index contributed by atoms with van der Waals surface area (Å²) in [5, 5.41) is 0. The molecule has 2 aliphatic heterocycles. The minimum Gasteiger partial charge on any atom is -0.429 e. The Bertz CT molecular complexity index is 819. The quantitative estimate of drug-likeness (QED) is 0.752. The predicted molar refractivity (Wildman–Crippen MR) is 100 cm³/mol. The van der Waals surface area contributed by atoms with E-state index in [2.05, 4.69) is 9.80 Å². The molecule has 2 aromatic rings. The molecular formula is C18H24N4O3S. The SMILES string of the molecule is O=C(CN1CCOCC1)N1CCN(Cn2c(=S)oc3ccccc32)CC1. The third kappa shape index (κ3) is 3.83. The van der Waals surface area contributed by atoms with Gasteiger partial charge in [0.1, 0.15) is 0 Å². The van der Waals surface area contributed by atoms with E-state index in [9.17, 15) is 4.79 Å². The summed E-state index contributed by atoms with van der Waals surface area (Å²) in [6, 6.07) is 7.90. The molecule has 0 bridgehead atoms. The maximum atomic E-state index is 12.5. The van der Waals surface area contributed by atoms with Crippen molar-refractivity contribution in [1.29, 1.82) is 0 Å². The molecule has 1 aromatic carbocycles. The smallest absolute Gasteiger partial charge is 0.270 e. The lowest BCUT2D eigenvalue weighted by Gasteiger charge is -2.36. The van der Waals surface area contributed by atoms with Crippen molar-refractivity contribution < 1.29 is 13.9 Å². The second-order valence-electron chi connectivity index (χ2n) is 6.79. The Hall–Kier alpha value is -1.74. The molecule has 1 aromatic heterocycles. The molecule has 2 aliphatic rings. The minimum atomic E-state index is 0.219. The molecule has 7 nitrogen and oxygen atoms in total. The summed E-state index contributed by atoms with van der Waals surface area (Å²) in [4.78, 5) is 19.5. The predicted octanol–water partition coefficient (Wildman–Crippen LogP) is 1.40. The van der Waals surface area contributed by atoms with Crippen LogP contribution in [0, 0.1) is 4.84 Å². The van der Waals surface area contributed by atoms with Gasteiger partial charge in [-0.15, -0.1) is 0 Å². The molecule has 2 fully saturated rings. The van der Waals surface area contributed by atoms with Crippen LogP contribution in [0.2, 0.25) is 0 Å². The van der Waals surface area contributed by atoms with Gasteiger partial charge in [0.25, 0.3) is 4.84 Å². The Morgan fingerprint density at radius 2 is 1.73 bits per heavy atom. The van der Waals surface area contributed by atoms with Gasteiger partial charge in [-0.1, -0.05) is 12.1 Å². The van der Waals surface area contributed by atoms with Crippen LogP contribution >= 0.6 is 12.2 Å². The first-order chi connectivity index (χ1) is 12.7. The third-order valence-corrected chi connectivity index (χ3v) is 5.41. The summed E-state index contributed by atoms with van der Waals surface area (Å²) in [6.07, 6.45) is 0. The van der Waals surface area contributed by atoms with E-state index < -0.39 is 0 Å². The van der Waals surface area contributed by atoms with Crippen LogP contribution in [-0.2, 0) is 16.2 Å². The summed E-state index contributed by atoms with van der Waals surface area (Å²) in [6.45, 7) is 7.53. The minimum absolute atomic E-state index is 0.219. The molecule has 0 N–H and O–H groups in total. The molecule has 4 rings (SSSR count). The van der Waals surface area contributed by atoms with Crippen LogP contribution in [0.4, 0.5) is 0 Å². The Morgan fingerprint density at radius 3 is 2.50 bits per heavy atom. The highest BCUT2D eigenvalue weighted by atomic mass is 32.1. The Morgan fingerprint density at radius 1 is 1.00 bits per heavy atom. The summed E-state index contributed by atoms with van der Waals surface area (Å²) >= 11 is 5.37. The summed E-state index contributed by atoms with van der Waals surface area (Å²) in [7, 11) is 0. The third-order valence-electron chi connectivity index (χ3n) is 5.10. The van der Waals surface area contributed by atoms with Gasteiger partial charge in [-0.05, 0) is 24.4 Å². The number of rotatable bonds is 4. The number of fused-ring (bicyclic) bond motifs is 1. The van der Waals surface area contributed by atoms with E-state index in [1.807, 2.05) is 33.7 Å². The first kappa shape index (κ1) is 17.7. The number of amides is 1. The van der Waals surface area contributed by atoms with Crippen LogP contribution in [0.3, 0.4) is 0 Å². The maximum absolute atomic E-state index is 12.5. The van der Waals surface area contributed by atoms with Crippen molar-refractivity contribution in [1.82, 2.24) is 19.3 Å². The Balaban J connectivity index is 1.32. The maximum Gasteiger partial charge on any atom is 0.270 e. The molecule has 1 amide bonds. The van der Waals surface area contributed by atoms with E-state index in [0.717, 1.165) is 63.6 Å². The van der Waals surface area contributed by atoms with Crippen LogP contribution < -0.4 is 0 Å². The van der Waals surface area contributed by atoms with E-state index in [4.69, 9.17) is 21.4 Å². The van der Waals surface area contributed by atoms with E-state index in [1.54, 1.807) is 0 Å². The highest BCUT2D eigenvalue weighted by Gasteiger charge is 2.24. The molecule has 0 spiro atoms. The van der Waals surface area contributed by atoms with Crippen molar-refractivity contribution in [2.45, 2.75) is 6.67 Å².